The standard InChI is InChI=1S/C13H10Cl2FNO3S/c14-10-2-1-3-12(16)13(10)17-21(19,20)9-5-4-8(7-18)11(15)6-9/h1-6,17-18H,7H2. The Labute approximate surface area is 131 Å². The van der Waals surface area contributed by atoms with Crippen LogP contribution in [-0.2, 0) is 16.6 Å². The van der Waals surface area contributed by atoms with Crippen molar-refractivity contribution in [1.29, 1.82) is 0 Å². The molecule has 2 N–H and O–H groups in total. The van der Waals surface area contributed by atoms with Crippen LogP contribution in [0.1, 0.15) is 5.56 Å². The van der Waals surface area contributed by atoms with Gasteiger partial charge in [-0.25, -0.2) is 12.8 Å². The first kappa shape index (κ1) is 16.0. The third kappa shape index (κ3) is 3.47. The fourth-order valence-electron chi connectivity index (χ4n) is 1.61. The molecule has 0 aliphatic heterocycles. The summed E-state index contributed by atoms with van der Waals surface area (Å²) in [4.78, 5) is -0.163. The van der Waals surface area contributed by atoms with Crippen LogP contribution in [-0.4, -0.2) is 13.5 Å². The van der Waals surface area contributed by atoms with E-state index in [0.717, 1.165) is 6.07 Å². The van der Waals surface area contributed by atoms with Crippen molar-refractivity contribution in [2.45, 2.75) is 11.5 Å². The van der Waals surface area contributed by atoms with Crippen LogP contribution >= 0.6 is 23.2 Å². The zero-order valence-corrected chi connectivity index (χ0v) is 12.8. The lowest BCUT2D eigenvalue weighted by Crippen LogP contribution is -2.14. The molecule has 0 aliphatic rings. The molecule has 0 saturated carbocycles. The molecule has 112 valence electrons. The zero-order chi connectivity index (χ0) is 15.6. The van der Waals surface area contributed by atoms with E-state index in [1.807, 2.05) is 0 Å². The number of aliphatic hydroxyl groups excluding tert-OH is 1. The summed E-state index contributed by atoms with van der Waals surface area (Å²) in [7, 11) is -4.05. The first-order valence-corrected chi connectivity index (χ1v) is 7.95. The van der Waals surface area contributed by atoms with Crippen LogP contribution in [0.3, 0.4) is 0 Å². The van der Waals surface area contributed by atoms with Crippen LogP contribution in [0.2, 0.25) is 10.0 Å². The maximum atomic E-state index is 13.6. The normalized spacial score (nSPS) is 11.4. The van der Waals surface area contributed by atoms with E-state index in [0.29, 0.717) is 5.56 Å². The molecule has 2 aromatic carbocycles. The molecule has 0 spiro atoms. The highest BCUT2D eigenvalue weighted by Gasteiger charge is 2.19. The molecule has 0 unspecified atom stereocenters. The second-order valence-electron chi connectivity index (χ2n) is 4.11. The first-order chi connectivity index (χ1) is 9.85. The fraction of sp³-hybridized carbons (Fsp3) is 0.0769. The lowest BCUT2D eigenvalue weighted by atomic mass is 10.2. The molecule has 0 fully saturated rings. The second-order valence-corrected chi connectivity index (χ2v) is 6.61. The molecule has 0 bridgehead atoms. The molecule has 21 heavy (non-hydrogen) atoms. The minimum Gasteiger partial charge on any atom is -0.392 e. The summed E-state index contributed by atoms with van der Waals surface area (Å²) >= 11 is 11.6. The first-order valence-electron chi connectivity index (χ1n) is 5.71. The van der Waals surface area contributed by atoms with E-state index in [1.165, 1.54) is 30.3 Å². The Morgan fingerprint density at radius 3 is 2.43 bits per heavy atom. The number of hydrogen-bond donors (Lipinski definition) is 2. The summed E-state index contributed by atoms with van der Waals surface area (Å²) in [6.45, 7) is -0.314. The van der Waals surface area contributed by atoms with Crippen molar-refractivity contribution in [3.05, 3.63) is 57.8 Å². The highest BCUT2D eigenvalue weighted by Crippen LogP contribution is 2.28. The number of nitrogens with one attached hydrogen (secondary N) is 1. The van der Waals surface area contributed by atoms with Gasteiger partial charge in [-0.3, -0.25) is 4.72 Å². The molecule has 8 heteroatoms. The molecule has 0 aromatic heterocycles. The number of aliphatic hydroxyl groups is 1. The molecule has 0 radical (unpaired) electrons. The number of halogens is 3. The number of anilines is 1. The van der Waals surface area contributed by atoms with Crippen LogP contribution in [0.25, 0.3) is 0 Å². The van der Waals surface area contributed by atoms with E-state index in [1.54, 1.807) is 0 Å². The van der Waals surface area contributed by atoms with Crippen molar-refractivity contribution in [3.63, 3.8) is 0 Å². The van der Waals surface area contributed by atoms with Gasteiger partial charge in [0.25, 0.3) is 10.0 Å². The molecule has 0 heterocycles. The summed E-state index contributed by atoms with van der Waals surface area (Å²) in [5.74, 6) is -0.788. The Bertz CT molecular complexity index is 761. The molecular formula is C13H10Cl2FNO3S. The molecule has 0 saturated heterocycles. The molecule has 2 aromatic rings. The number of rotatable bonds is 4. The van der Waals surface area contributed by atoms with Gasteiger partial charge >= 0.3 is 0 Å². The highest BCUT2D eigenvalue weighted by atomic mass is 35.5. The van der Waals surface area contributed by atoms with E-state index >= 15 is 0 Å². The predicted octanol–water partition coefficient (Wildman–Crippen LogP) is 3.43. The topological polar surface area (TPSA) is 66.4 Å². The largest absolute Gasteiger partial charge is 0.392 e. The monoisotopic (exact) mass is 349 g/mol. The molecular weight excluding hydrogens is 340 g/mol. The summed E-state index contributed by atoms with van der Waals surface area (Å²) in [5.41, 5.74) is 0.0565. The minimum absolute atomic E-state index is 0.0587. The summed E-state index contributed by atoms with van der Waals surface area (Å²) in [6.07, 6.45) is 0. The third-order valence-electron chi connectivity index (χ3n) is 2.70. The van der Waals surface area contributed by atoms with Crippen LogP contribution in [0.15, 0.2) is 41.3 Å². The second kappa shape index (κ2) is 6.19. The van der Waals surface area contributed by atoms with Gasteiger partial charge in [0, 0.05) is 5.02 Å². The van der Waals surface area contributed by atoms with Crippen LogP contribution in [0, 0.1) is 5.82 Å². The van der Waals surface area contributed by atoms with Crippen LogP contribution in [0.5, 0.6) is 0 Å². The van der Waals surface area contributed by atoms with Gasteiger partial charge in [-0.1, -0.05) is 35.3 Å². The number of sulfonamides is 1. The molecule has 0 amide bonds. The Balaban J connectivity index is 2.41. The van der Waals surface area contributed by atoms with Crippen molar-refractivity contribution in [2.24, 2.45) is 0 Å². The van der Waals surface area contributed by atoms with E-state index in [-0.39, 0.29) is 27.2 Å². The Kier molecular flexibility index (Phi) is 4.73. The lowest BCUT2D eigenvalue weighted by molar-refractivity contribution is 0.282. The number of para-hydroxylation sites is 1. The summed E-state index contributed by atoms with van der Waals surface area (Å²) in [6, 6.07) is 7.62. The SMILES string of the molecule is O=S(=O)(Nc1c(F)cccc1Cl)c1ccc(CO)c(Cl)c1. The number of hydrogen-bond acceptors (Lipinski definition) is 3. The minimum atomic E-state index is -4.05. The fourth-order valence-corrected chi connectivity index (χ4v) is 3.30. The quantitative estimate of drug-likeness (QED) is 0.888. The Morgan fingerprint density at radius 2 is 1.86 bits per heavy atom. The molecule has 4 nitrogen and oxygen atoms in total. The van der Waals surface area contributed by atoms with Crippen molar-refractivity contribution in [3.8, 4) is 0 Å². The highest BCUT2D eigenvalue weighted by molar-refractivity contribution is 7.92. The van der Waals surface area contributed by atoms with Gasteiger partial charge < -0.3 is 5.11 Å². The Morgan fingerprint density at radius 1 is 1.14 bits per heavy atom. The van der Waals surface area contributed by atoms with E-state index in [9.17, 15) is 12.8 Å². The van der Waals surface area contributed by atoms with Crippen molar-refractivity contribution in [2.75, 3.05) is 4.72 Å². The average molecular weight is 350 g/mol. The lowest BCUT2D eigenvalue weighted by Gasteiger charge is -2.11. The average Bonchev–Trinajstić information content (AvgIpc) is 2.43. The third-order valence-corrected chi connectivity index (χ3v) is 4.72. The summed E-state index contributed by atoms with van der Waals surface area (Å²) in [5, 5.41) is 9.04. The van der Waals surface area contributed by atoms with Gasteiger partial charge in [0.15, 0.2) is 0 Å². The Hall–Kier alpha value is -1.34. The number of benzene rings is 2. The molecule has 0 atom stereocenters. The van der Waals surface area contributed by atoms with E-state index < -0.39 is 15.8 Å². The summed E-state index contributed by atoms with van der Waals surface area (Å²) < 4.78 is 40.1. The predicted molar refractivity (Wildman–Crippen MR) is 79.6 cm³/mol. The van der Waals surface area contributed by atoms with Crippen LogP contribution < -0.4 is 4.72 Å². The van der Waals surface area contributed by atoms with Crippen molar-refractivity contribution >= 4 is 38.9 Å². The van der Waals surface area contributed by atoms with Gasteiger partial charge in [-0.05, 0) is 29.8 Å². The molecule has 0 aliphatic carbocycles. The van der Waals surface area contributed by atoms with E-state index in [2.05, 4.69) is 4.72 Å². The maximum absolute atomic E-state index is 13.6. The smallest absolute Gasteiger partial charge is 0.262 e. The van der Waals surface area contributed by atoms with Gasteiger partial charge in [0.2, 0.25) is 0 Å². The van der Waals surface area contributed by atoms with Gasteiger partial charge in [-0.15, -0.1) is 0 Å². The maximum Gasteiger partial charge on any atom is 0.262 e. The van der Waals surface area contributed by atoms with Crippen LogP contribution in [0.4, 0.5) is 10.1 Å². The zero-order valence-electron chi connectivity index (χ0n) is 10.5. The molecule has 2 rings (SSSR count). The van der Waals surface area contributed by atoms with Gasteiger partial charge in [0.1, 0.15) is 11.5 Å². The van der Waals surface area contributed by atoms with E-state index in [4.69, 9.17) is 28.3 Å². The van der Waals surface area contributed by atoms with Gasteiger partial charge in [-0.2, -0.15) is 0 Å². The van der Waals surface area contributed by atoms with Crippen molar-refractivity contribution < 1.29 is 17.9 Å². The van der Waals surface area contributed by atoms with Gasteiger partial charge in [0.05, 0.1) is 16.5 Å². The van der Waals surface area contributed by atoms with Crippen molar-refractivity contribution in [1.82, 2.24) is 0 Å².